The van der Waals surface area contributed by atoms with Crippen LogP contribution in [0.4, 0.5) is 0 Å². The van der Waals surface area contributed by atoms with E-state index >= 15 is 0 Å². The standard InChI is InChI=1S/C18H19N5O3S/c24-14(21-22-16(25)12-5-3-8-19-12)7-9-23-10-20-17-15(18(23)26)11-4-1-2-6-13(11)27-17/h3,5,8,10,19H,1-2,4,6-7,9H2,(H,21,24)(H,22,25). The van der Waals surface area contributed by atoms with Gasteiger partial charge in [0.25, 0.3) is 11.5 Å². The van der Waals surface area contributed by atoms with Crippen LogP contribution in [0, 0.1) is 0 Å². The highest BCUT2D eigenvalue weighted by molar-refractivity contribution is 7.18. The number of hydrogen-bond donors (Lipinski definition) is 3. The van der Waals surface area contributed by atoms with Crippen molar-refractivity contribution >= 4 is 33.4 Å². The predicted molar refractivity (Wildman–Crippen MR) is 102 cm³/mol. The summed E-state index contributed by atoms with van der Waals surface area (Å²) in [7, 11) is 0. The summed E-state index contributed by atoms with van der Waals surface area (Å²) in [6, 6.07) is 3.29. The molecular weight excluding hydrogens is 366 g/mol. The minimum absolute atomic E-state index is 0.0599. The molecule has 3 heterocycles. The van der Waals surface area contributed by atoms with Gasteiger partial charge in [-0.15, -0.1) is 11.3 Å². The molecule has 3 N–H and O–H groups in total. The van der Waals surface area contributed by atoms with E-state index in [-0.39, 0.29) is 24.4 Å². The summed E-state index contributed by atoms with van der Waals surface area (Å²) in [6.07, 6.45) is 7.36. The molecule has 1 aliphatic carbocycles. The first-order chi connectivity index (χ1) is 13.1. The highest BCUT2D eigenvalue weighted by Gasteiger charge is 2.20. The van der Waals surface area contributed by atoms with Crippen LogP contribution in [0.15, 0.2) is 29.5 Å². The minimum atomic E-state index is -0.432. The zero-order chi connectivity index (χ0) is 18.8. The monoisotopic (exact) mass is 385 g/mol. The first kappa shape index (κ1) is 17.5. The molecule has 3 aromatic rings. The number of H-pyrrole nitrogens is 1. The Bertz CT molecular complexity index is 1050. The number of amides is 2. The summed E-state index contributed by atoms with van der Waals surface area (Å²) in [5.74, 6) is -0.812. The number of thiophene rings is 1. The Labute approximate surface area is 158 Å². The van der Waals surface area contributed by atoms with Gasteiger partial charge in [-0.1, -0.05) is 0 Å². The van der Waals surface area contributed by atoms with Crippen molar-refractivity contribution in [2.45, 2.75) is 38.6 Å². The van der Waals surface area contributed by atoms with Crippen LogP contribution in [-0.2, 0) is 24.2 Å². The van der Waals surface area contributed by atoms with Crippen LogP contribution in [0.5, 0.6) is 0 Å². The van der Waals surface area contributed by atoms with Gasteiger partial charge in [-0.3, -0.25) is 29.8 Å². The summed E-state index contributed by atoms with van der Waals surface area (Å²) >= 11 is 1.60. The Balaban J connectivity index is 1.41. The van der Waals surface area contributed by atoms with E-state index in [1.54, 1.807) is 29.7 Å². The summed E-state index contributed by atoms with van der Waals surface area (Å²) in [5.41, 5.74) is 6.07. The summed E-state index contributed by atoms with van der Waals surface area (Å²) < 4.78 is 1.47. The lowest BCUT2D eigenvalue weighted by Gasteiger charge is -2.10. The molecule has 3 aromatic heterocycles. The van der Waals surface area contributed by atoms with Gasteiger partial charge in [-0.2, -0.15) is 0 Å². The largest absolute Gasteiger partial charge is 0.357 e. The zero-order valence-corrected chi connectivity index (χ0v) is 15.4. The number of aromatic amines is 1. The molecular formula is C18H19N5O3S. The Kier molecular flexibility index (Phi) is 4.76. The molecule has 8 nitrogen and oxygen atoms in total. The van der Waals surface area contributed by atoms with Gasteiger partial charge in [0.15, 0.2) is 0 Å². The van der Waals surface area contributed by atoms with Crippen molar-refractivity contribution in [2.24, 2.45) is 0 Å². The maximum absolute atomic E-state index is 12.8. The second-order valence-electron chi connectivity index (χ2n) is 6.47. The van der Waals surface area contributed by atoms with Crippen LogP contribution in [0.3, 0.4) is 0 Å². The fraction of sp³-hybridized carbons (Fsp3) is 0.333. The number of carbonyl (C=O) groups is 2. The zero-order valence-electron chi connectivity index (χ0n) is 14.6. The molecule has 1 aliphatic rings. The van der Waals surface area contributed by atoms with Gasteiger partial charge in [0.05, 0.1) is 11.7 Å². The SMILES string of the molecule is O=C(CCn1cnc2sc3c(c2c1=O)CCCC3)NNC(=O)c1ccc[nH]1. The van der Waals surface area contributed by atoms with Crippen LogP contribution < -0.4 is 16.4 Å². The molecule has 0 radical (unpaired) electrons. The van der Waals surface area contributed by atoms with Crippen molar-refractivity contribution in [1.29, 1.82) is 0 Å². The number of hydrazine groups is 1. The molecule has 0 saturated heterocycles. The third-order valence-corrected chi connectivity index (χ3v) is 5.88. The second-order valence-corrected chi connectivity index (χ2v) is 7.55. The van der Waals surface area contributed by atoms with Crippen molar-refractivity contribution in [1.82, 2.24) is 25.4 Å². The quantitative estimate of drug-likeness (QED) is 0.592. The Morgan fingerprint density at radius 2 is 2.11 bits per heavy atom. The van der Waals surface area contributed by atoms with Crippen LogP contribution in [-0.4, -0.2) is 26.3 Å². The fourth-order valence-electron chi connectivity index (χ4n) is 3.29. The lowest BCUT2D eigenvalue weighted by molar-refractivity contribution is -0.122. The molecule has 140 valence electrons. The third kappa shape index (κ3) is 3.50. The average molecular weight is 385 g/mol. The number of nitrogens with zero attached hydrogens (tertiary/aromatic N) is 2. The number of fused-ring (bicyclic) bond motifs is 3. The minimum Gasteiger partial charge on any atom is -0.357 e. The second kappa shape index (κ2) is 7.36. The number of rotatable bonds is 4. The Morgan fingerprint density at radius 3 is 2.93 bits per heavy atom. The molecule has 0 saturated carbocycles. The molecule has 0 fully saturated rings. The molecule has 4 rings (SSSR count). The van der Waals surface area contributed by atoms with E-state index in [0.717, 1.165) is 36.1 Å². The highest BCUT2D eigenvalue weighted by Crippen LogP contribution is 2.33. The van der Waals surface area contributed by atoms with Gasteiger partial charge in [-0.25, -0.2) is 4.98 Å². The van der Waals surface area contributed by atoms with Crippen molar-refractivity contribution < 1.29 is 9.59 Å². The highest BCUT2D eigenvalue weighted by atomic mass is 32.1. The Hall–Kier alpha value is -2.94. The van der Waals surface area contributed by atoms with Crippen LogP contribution in [0.25, 0.3) is 10.2 Å². The van der Waals surface area contributed by atoms with Crippen molar-refractivity contribution in [3.05, 3.63) is 51.1 Å². The molecule has 0 spiro atoms. The van der Waals surface area contributed by atoms with Crippen molar-refractivity contribution in [3.8, 4) is 0 Å². The predicted octanol–water partition coefficient (Wildman–Crippen LogP) is 1.52. The third-order valence-electron chi connectivity index (χ3n) is 4.68. The molecule has 2 amide bonds. The number of aromatic nitrogens is 3. The lowest BCUT2D eigenvalue weighted by Crippen LogP contribution is -2.42. The molecule has 0 atom stereocenters. The first-order valence-corrected chi connectivity index (χ1v) is 9.67. The first-order valence-electron chi connectivity index (χ1n) is 8.86. The number of nitrogens with one attached hydrogen (secondary N) is 3. The lowest BCUT2D eigenvalue weighted by atomic mass is 9.97. The van der Waals surface area contributed by atoms with Crippen molar-refractivity contribution in [2.75, 3.05) is 0 Å². The van der Waals surface area contributed by atoms with Gasteiger partial charge >= 0.3 is 0 Å². The topological polar surface area (TPSA) is 109 Å². The van der Waals surface area contributed by atoms with Gasteiger partial charge in [0.2, 0.25) is 5.91 Å². The molecule has 0 bridgehead atoms. The molecule has 9 heteroatoms. The van der Waals surface area contributed by atoms with E-state index in [0.29, 0.717) is 11.1 Å². The average Bonchev–Trinajstić information content (AvgIpc) is 3.33. The molecule has 27 heavy (non-hydrogen) atoms. The van der Waals surface area contributed by atoms with Gasteiger partial charge in [-0.05, 0) is 43.4 Å². The van der Waals surface area contributed by atoms with E-state index in [2.05, 4.69) is 20.8 Å². The van der Waals surface area contributed by atoms with Crippen molar-refractivity contribution in [3.63, 3.8) is 0 Å². The maximum Gasteiger partial charge on any atom is 0.286 e. The summed E-state index contributed by atoms with van der Waals surface area (Å²) in [4.78, 5) is 45.8. The van der Waals surface area contributed by atoms with E-state index in [1.165, 1.54) is 15.8 Å². The van der Waals surface area contributed by atoms with Gasteiger partial charge in [0, 0.05) is 24.0 Å². The maximum atomic E-state index is 12.8. The van der Waals surface area contributed by atoms with E-state index in [1.807, 2.05) is 0 Å². The van der Waals surface area contributed by atoms with E-state index < -0.39 is 5.91 Å². The summed E-state index contributed by atoms with van der Waals surface area (Å²) in [6.45, 7) is 0.205. The molecule has 0 unspecified atom stereocenters. The molecule has 0 aliphatic heterocycles. The van der Waals surface area contributed by atoms with Crippen LogP contribution in [0.1, 0.15) is 40.2 Å². The van der Waals surface area contributed by atoms with E-state index in [9.17, 15) is 14.4 Å². The van der Waals surface area contributed by atoms with E-state index in [4.69, 9.17) is 0 Å². The fourth-order valence-corrected chi connectivity index (χ4v) is 4.51. The summed E-state index contributed by atoms with van der Waals surface area (Å²) in [5, 5.41) is 0.706. The number of carbonyl (C=O) groups excluding carboxylic acids is 2. The van der Waals surface area contributed by atoms with Crippen LogP contribution >= 0.6 is 11.3 Å². The number of hydrogen-bond acceptors (Lipinski definition) is 5. The smallest absolute Gasteiger partial charge is 0.286 e. The molecule has 0 aromatic carbocycles. The van der Waals surface area contributed by atoms with Gasteiger partial charge < -0.3 is 4.98 Å². The Morgan fingerprint density at radius 1 is 1.26 bits per heavy atom. The number of aryl methyl sites for hydroxylation is 3. The van der Waals surface area contributed by atoms with Crippen LogP contribution in [0.2, 0.25) is 0 Å². The normalized spacial score (nSPS) is 13.3. The van der Waals surface area contributed by atoms with Gasteiger partial charge in [0.1, 0.15) is 10.5 Å².